The molecule has 0 spiro atoms. The Bertz CT molecular complexity index is 1160. The monoisotopic (exact) mass is 508 g/mol. The first-order valence-corrected chi connectivity index (χ1v) is 12.1. The molecule has 1 saturated heterocycles. The summed E-state index contributed by atoms with van der Waals surface area (Å²) in [5.41, 5.74) is 0.737. The van der Waals surface area contributed by atoms with E-state index in [0.29, 0.717) is 11.5 Å². The molecule has 1 heterocycles. The van der Waals surface area contributed by atoms with Crippen molar-refractivity contribution in [2.75, 3.05) is 54.2 Å². The van der Waals surface area contributed by atoms with Crippen LogP contribution in [0.25, 0.3) is 0 Å². The van der Waals surface area contributed by atoms with E-state index in [0.717, 1.165) is 5.56 Å². The zero-order chi connectivity index (χ0) is 25.4. The van der Waals surface area contributed by atoms with Crippen molar-refractivity contribution in [3.8, 4) is 17.2 Å². The van der Waals surface area contributed by atoms with Gasteiger partial charge in [-0.2, -0.15) is 4.31 Å². The van der Waals surface area contributed by atoms with Crippen molar-refractivity contribution in [3.63, 3.8) is 0 Å². The fraction of sp³-hybridized carbons (Fsp3) is 0.391. The van der Waals surface area contributed by atoms with Gasteiger partial charge < -0.3 is 29.0 Å². The minimum Gasteiger partial charge on any atom is -0.495 e. The van der Waals surface area contributed by atoms with Crippen LogP contribution in [0.1, 0.15) is 15.9 Å². The standard InChI is InChI=1S/C23H28N2O9S/c1-30-18-6-4-16(12-20(18)32-3)14-24-22(26)15-34-23(27)17-5-7-19(31-2)21(13-17)35(28,29)25-8-10-33-11-9-25/h4-7,12-13H,8-11,14-15H2,1-3H3,(H,24,26). The maximum absolute atomic E-state index is 13.1. The van der Waals surface area contributed by atoms with Crippen molar-refractivity contribution in [1.29, 1.82) is 0 Å². The molecule has 0 unspecified atom stereocenters. The summed E-state index contributed by atoms with van der Waals surface area (Å²) in [6.07, 6.45) is 0. The number of carbonyl (C=O) groups is 2. The minimum atomic E-state index is -3.92. The number of nitrogens with one attached hydrogen (secondary N) is 1. The molecule has 0 radical (unpaired) electrons. The molecule has 11 nitrogen and oxygen atoms in total. The summed E-state index contributed by atoms with van der Waals surface area (Å²) < 4.78 is 53.3. The number of morpholine rings is 1. The fourth-order valence-electron chi connectivity index (χ4n) is 3.39. The first-order valence-electron chi connectivity index (χ1n) is 10.7. The first kappa shape index (κ1) is 26.3. The summed E-state index contributed by atoms with van der Waals surface area (Å²) in [7, 11) is 0.457. The minimum absolute atomic E-state index is 0.0228. The Morgan fingerprint density at radius 2 is 1.60 bits per heavy atom. The molecule has 35 heavy (non-hydrogen) atoms. The van der Waals surface area contributed by atoms with Gasteiger partial charge in [-0.1, -0.05) is 6.07 Å². The van der Waals surface area contributed by atoms with Crippen LogP contribution >= 0.6 is 0 Å². The number of hydrogen-bond donors (Lipinski definition) is 1. The van der Waals surface area contributed by atoms with E-state index in [9.17, 15) is 18.0 Å². The number of sulfonamides is 1. The van der Waals surface area contributed by atoms with Gasteiger partial charge in [-0.05, 0) is 35.9 Å². The van der Waals surface area contributed by atoms with E-state index in [1.54, 1.807) is 18.2 Å². The predicted octanol–water partition coefficient (Wildman–Crippen LogP) is 1.21. The van der Waals surface area contributed by atoms with Gasteiger partial charge in [-0.3, -0.25) is 4.79 Å². The lowest BCUT2D eigenvalue weighted by Crippen LogP contribution is -2.40. The Morgan fingerprint density at radius 1 is 0.943 bits per heavy atom. The van der Waals surface area contributed by atoms with Gasteiger partial charge in [0.15, 0.2) is 18.1 Å². The number of methoxy groups -OCH3 is 3. The molecule has 1 aliphatic rings. The third kappa shape index (κ3) is 6.41. The zero-order valence-corrected chi connectivity index (χ0v) is 20.6. The molecule has 12 heteroatoms. The SMILES string of the molecule is COc1ccc(CNC(=O)COC(=O)c2ccc(OC)c(S(=O)(=O)N3CCOCC3)c2)cc1OC. The second-order valence-electron chi connectivity index (χ2n) is 7.42. The van der Waals surface area contributed by atoms with E-state index in [-0.39, 0.29) is 49.1 Å². The molecule has 3 rings (SSSR count). The number of carbonyl (C=O) groups excluding carboxylic acids is 2. The quantitative estimate of drug-likeness (QED) is 0.471. The molecule has 0 bridgehead atoms. The Hall–Kier alpha value is -3.35. The van der Waals surface area contributed by atoms with Gasteiger partial charge in [0.25, 0.3) is 5.91 Å². The molecule has 190 valence electrons. The Balaban J connectivity index is 1.62. The second kappa shape index (κ2) is 11.9. The lowest BCUT2D eigenvalue weighted by molar-refractivity contribution is -0.124. The Morgan fingerprint density at radius 3 is 2.26 bits per heavy atom. The second-order valence-corrected chi connectivity index (χ2v) is 9.33. The van der Waals surface area contributed by atoms with E-state index >= 15 is 0 Å². The van der Waals surface area contributed by atoms with E-state index in [1.165, 1.54) is 43.8 Å². The van der Waals surface area contributed by atoms with Gasteiger partial charge in [0.1, 0.15) is 10.6 Å². The number of amides is 1. The van der Waals surface area contributed by atoms with Gasteiger partial charge >= 0.3 is 5.97 Å². The highest BCUT2D eigenvalue weighted by Crippen LogP contribution is 2.29. The lowest BCUT2D eigenvalue weighted by Gasteiger charge is -2.26. The molecule has 0 atom stereocenters. The van der Waals surface area contributed by atoms with Crippen LogP contribution in [0.4, 0.5) is 0 Å². The van der Waals surface area contributed by atoms with Crippen LogP contribution in [0, 0.1) is 0 Å². The molecular formula is C23H28N2O9S. The summed E-state index contributed by atoms with van der Waals surface area (Å²) in [6, 6.07) is 9.14. The highest BCUT2D eigenvalue weighted by Gasteiger charge is 2.30. The molecule has 2 aromatic rings. The smallest absolute Gasteiger partial charge is 0.338 e. The number of rotatable bonds is 10. The van der Waals surface area contributed by atoms with E-state index in [2.05, 4.69) is 5.32 Å². The summed E-state index contributed by atoms with van der Waals surface area (Å²) >= 11 is 0. The van der Waals surface area contributed by atoms with Crippen LogP contribution in [-0.4, -0.2) is 78.8 Å². The molecule has 1 N–H and O–H groups in total. The number of nitrogens with zero attached hydrogens (tertiary/aromatic N) is 1. The zero-order valence-electron chi connectivity index (χ0n) is 19.7. The highest BCUT2D eigenvalue weighted by atomic mass is 32.2. The van der Waals surface area contributed by atoms with Crippen molar-refractivity contribution in [2.24, 2.45) is 0 Å². The average molecular weight is 509 g/mol. The molecule has 1 fully saturated rings. The molecule has 1 amide bonds. The summed E-state index contributed by atoms with van der Waals surface area (Å²) in [5.74, 6) is -0.185. The van der Waals surface area contributed by atoms with Crippen LogP contribution in [0.5, 0.6) is 17.2 Å². The topological polar surface area (TPSA) is 130 Å². The van der Waals surface area contributed by atoms with E-state index < -0.39 is 28.5 Å². The van der Waals surface area contributed by atoms with Gasteiger partial charge in [0.2, 0.25) is 10.0 Å². The van der Waals surface area contributed by atoms with Crippen LogP contribution < -0.4 is 19.5 Å². The van der Waals surface area contributed by atoms with Gasteiger partial charge in [-0.25, -0.2) is 13.2 Å². The third-order valence-electron chi connectivity index (χ3n) is 5.26. The van der Waals surface area contributed by atoms with Gasteiger partial charge in [-0.15, -0.1) is 0 Å². The molecular weight excluding hydrogens is 480 g/mol. The van der Waals surface area contributed by atoms with Crippen LogP contribution in [0.2, 0.25) is 0 Å². The number of esters is 1. The van der Waals surface area contributed by atoms with Crippen LogP contribution in [-0.2, 0) is 30.8 Å². The highest BCUT2D eigenvalue weighted by molar-refractivity contribution is 7.89. The van der Waals surface area contributed by atoms with Crippen molar-refractivity contribution in [1.82, 2.24) is 9.62 Å². The molecule has 2 aromatic carbocycles. The Kier molecular flexibility index (Phi) is 8.90. The van der Waals surface area contributed by atoms with E-state index in [4.69, 9.17) is 23.7 Å². The van der Waals surface area contributed by atoms with E-state index in [1.807, 2.05) is 0 Å². The maximum atomic E-state index is 13.1. The van der Waals surface area contributed by atoms with Gasteiger partial charge in [0, 0.05) is 19.6 Å². The Labute approximate surface area is 203 Å². The first-order chi connectivity index (χ1) is 16.8. The number of ether oxygens (including phenoxy) is 5. The average Bonchev–Trinajstić information content (AvgIpc) is 2.90. The predicted molar refractivity (Wildman–Crippen MR) is 124 cm³/mol. The third-order valence-corrected chi connectivity index (χ3v) is 7.18. The van der Waals surface area contributed by atoms with Gasteiger partial charge in [0.05, 0.1) is 40.1 Å². The fourth-order valence-corrected chi connectivity index (χ4v) is 4.98. The van der Waals surface area contributed by atoms with Crippen molar-refractivity contribution in [3.05, 3.63) is 47.5 Å². The lowest BCUT2D eigenvalue weighted by atomic mass is 10.2. The number of hydrogen-bond acceptors (Lipinski definition) is 9. The summed E-state index contributed by atoms with van der Waals surface area (Å²) in [5, 5.41) is 2.64. The van der Waals surface area contributed by atoms with Crippen molar-refractivity contribution < 1.29 is 41.7 Å². The van der Waals surface area contributed by atoms with Crippen LogP contribution in [0.15, 0.2) is 41.3 Å². The largest absolute Gasteiger partial charge is 0.495 e. The van der Waals surface area contributed by atoms with Crippen molar-refractivity contribution in [2.45, 2.75) is 11.4 Å². The normalized spacial score (nSPS) is 14.1. The van der Waals surface area contributed by atoms with Crippen molar-refractivity contribution >= 4 is 21.9 Å². The number of benzene rings is 2. The molecule has 1 aliphatic heterocycles. The summed E-state index contributed by atoms with van der Waals surface area (Å²) in [4.78, 5) is 24.6. The maximum Gasteiger partial charge on any atom is 0.338 e. The molecule has 0 saturated carbocycles. The molecule has 0 aromatic heterocycles. The molecule has 0 aliphatic carbocycles. The van der Waals surface area contributed by atoms with Crippen LogP contribution in [0.3, 0.4) is 0 Å². The summed E-state index contributed by atoms with van der Waals surface area (Å²) in [6.45, 7) is 0.592.